The Morgan fingerprint density at radius 2 is 2.06 bits per heavy atom. The van der Waals surface area contributed by atoms with Gasteiger partial charge in [-0.1, -0.05) is 23.1 Å². The van der Waals surface area contributed by atoms with Crippen LogP contribution in [0.4, 0.5) is 4.79 Å². The highest BCUT2D eigenvalue weighted by atomic mass is 32.1. The summed E-state index contributed by atoms with van der Waals surface area (Å²) >= 11 is 1.29. The molecule has 5 rings (SSSR count). The normalized spacial score (nSPS) is 21.6. The van der Waals surface area contributed by atoms with E-state index in [4.69, 9.17) is 9.47 Å². The van der Waals surface area contributed by atoms with E-state index in [0.29, 0.717) is 53.2 Å². The van der Waals surface area contributed by atoms with Gasteiger partial charge in [-0.25, -0.2) is 4.79 Å². The molecular weight excluding hydrogens is 486 g/mol. The lowest BCUT2D eigenvalue weighted by Gasteiger charge is -2.28. The first-order valence-corrected chi connectivity index (χ1v) is 12.0. The molecule has 0 aliphatic carbocycles. The number of carbonyl (C=O) groups excluding carboxylic acids is 3. The summed E-state index contributed by atoms with van der Waals surface area (Å²) in [6.07, 6.45) is 0. The SMILES string of the molecule is COc1ccc2c(c1)C(=O)N(C[C@@]1(C#Cc3ccc(C(=NO)N4CCOCC4)s3)NC(=O)NC1=O)C2. The van der Waals surface area contributed by atoms with Gasteiger partial charge in [-0.3, -0.25) is 14.9 Å². The van der Waals surface area contributed by atoms with Gasteiger partial charge in [0.05, 0.1) is 36.6 Å². The van der Waals surface area contributed by atoms with Crippen molar-refractivity contribution in [1.82, 2.24) is 20.4 Å². The Labute approximate surface area is 210 Å². The number of amides is 4. The Kier molecular flexibility index (Phi) is 6.26. The highest BCUT2D eigenvalue weighted by molar-refractivity contribution is 7.14. The zero-order valence-electron chi connectivity index (χ0n) is 19.4. The number of morpholine rings is 1. The van der Waals surface area contributed by atoms with Crippen molar-refractivity contribution in [2.24, 2.45) is 5.16 Å². The Bertz CT molecular complexity index is 1320. The third-order valence-electron chi connectivity index (χ3n) is 6.20. The number of nitrogens with zero attached hydrogens (tertiary/aromatic N) is 3. The van der Waals surface area contributed by atoms with E-state index in [1.807, 2.05) is 4.90 Å². The van der Waals surface area contributed by atoms with Gasteiger partial charge in [0.1, 0.15) is 5.75 Å². The summed E-state index contributed by atoms with van der Waals surface area (Å²) in [5, 5.41) is 17.9. The molecule has 2 aromatic rings. The summed E-state index contributed by atoms with van der Waals surface area (Å²) in [7, 11) is 1.52. The maximum absolute atomic E-state index is 13.0. The Morgan fingerprint density at radius 3 is 2.75 bits per heavy atom. The monoisotopic (exact) mass is 509 g/mol. The number of rotatable bonds is 4. The summed E-state index contributed by atoms with van der Waals surface area (Å²) in [6.45, 7) is 2.45. The van der Waals surface area contributed by atoms with E-state index in [0.717, 1.165) is 5.56 Å². The Balaban J connectivity index is 1.39. The summed E-state index contributed by atoms with van der Waals surface area (Å²) < 4.78 is 10.6. The lowest BCUT2D eigenvalue weighted by atomic mass is 9.99. The minimum absolute atomic E-state index is 0.122. The number of nitrogens with one attached hydrogen (secondary N) is 2. The third-order valence-corrected chi connectivity index (χ3v) is 7.19. The first-order valence-electron chi connectivity index (χ1n) is 11.2. The van der Waals surface area contributed by atoms with Crippen molar-refractivity contribution >= 4 is 35.0 Å². The average molecular weight is 510 g/mol. The van der Waals surface area contributed by atoms with E-state index in [1.165, 1.54) is 23.3 Å². The number of methoxy groups -OCH3 is 1. The smallest absolute Gasteiger partial charge is 0.323 e. The molecule has 0 unspecified atom stereocenters. The number of fused-ring (bicyclic) bond motifs is 1. The van der Waals surface area contributed by atoms with Gasteiger partial charge in [-0.05, 0) is 29.8 Å². The molecule has 0 saturated carbocycles. The topological polar surface area (TPSA) is 133 Å². The van der Waals surface area contributed by atoms with Crippen LogP contribution < -0.4 is 15.4 Å². The van der Waals surface area contributed by atoms with Crippen LogP contribution >= 0.6 is 11.3 Å². The molecule has 2 saturated heterocycles. The Morgan fingerprint density at radius 1 is 1.25 bits per heavy atom. The van der Waals surface area contributed by atoms with Crippen molar-refractivity contribution in [3.8, 4) is 17.6 Å². The maximum Gasteiger partial charge on any atom is 0.323 e. The number of carbonyl (C=O) groups is 3. The van der Waals surface area contributed by atoms with Crippen molar-refractivity contribution in [3.63, 3.8) is 0 Å². The molecule has 4 amide bonds. The molecule has 0 bridgehead atoms. The minimum atomic E-state index is -1.61. The van der Waals surface area contributed by atoms with Crippen LogP contribution in [0.1, 0.15) is 25.7 Å². The van der Waals surface area contributed by atoms with Crippen LogP contribution in [-0.2, 0) is 16.1 Å². The van der Waals surface area contributed by atoms with Crippen LogP contribution in [0.15, 0.2) is 35.5 Å². The molecule has 186 valence electrons. The van der Waals surface area contributed by atoms with Crippen LogP contribution in [0.25, 0.3) is 0 Å². The fourth-order valence-corrected chi connectivity index (χ4v) is 5.22. The van der Waals surface area contributed by atoms with E-state index in [9.17, 15) is 19.6 Å². The minimum Gasteiger partial charge on any atom is -0.497 e. The van der Waals surface area contributed by atoms with Crippen molar-refractivity contribution in [2.45, 2.75) is 12.1 Å². The summed E-state index contributed by atoms with van der Waals surface area (Å²) in [6, 6.07) is 8.10. The average Bonchev–Trinajstić information content (AvgIpc) is 3.55. The van der Waals surface area contributed by atoms with Gasteiger partial charge >= 0.3 is 6.03 Å². The number of hydrogen-bond donors (Lipinski definition) is 3. The molecule has 3 N–H and O–H groups in total. The quantitative estimate of drug-likeness (QED) is 0.139. The predicted octanol–water partition coefficient (Wildman–Crippen LogP) is 0.810. The number of urea groups is 1. The van der Waals surface area contributed by atoms with E-state index >= 15 is 0 Å². The molecule has 4 heterocycles. The van der Waals surface area contributed by atoms with Crippen LogP contribution in [-0.4, -0.2) is 84.2 Å². The second-order valence-corrected chi connectivity index (χ2v) is 9.52. The summed E-state index contributed by atoms with van der Waals surface area (Å²) in [5.41, 5.74) is -0.319. The number of thiophene rings is 1. The standard InChI is InChI=1S/C24H23N5O6S/c1-34-16-3-2-15-13-29(21(30)18(15)12-16)14-24(22(31)25-23(32)26-24)7-6-17-4-5-19(36-17)20(27-33)28-8-10-35-11-9-28/h2-5,12,33H,8-11,13-14H2,1H3,(H2,25,26,31,32)/t24-/m1/s1. The third kappa shape index (κ3) is 4.34. The second-order valence-electron chi connectivity index (χ2n) is 8.43. The van der Waals surface area contributed by atoms with E-state index in [2.05, 4.69) is 27.6 Å². The van der Waals surface area contributed by atoms with Crippen LogP contribution in [0.3, 0.4) is 0 Å². The van der Waals surface area contributed by atoms with Gasteiger partial charge in [0.25, 0.3) is 11.8 Å². The zero-order chi connectivity index (χ0) is 25.3. The molecule has 12 heteroatoms. The number of ether oxygens (including phenoxy) is 2. The van der Waals surface area contributed by atoms with Crippen LogP contribution in [0.5, 0.6) is 5.75 Å². The van der Waals surface area contributed by atoms with E-state index in [-0.39, 0.29) is 19.0 Å². The van der Waals surface area contributed by atoms with Crippen molar-refractivity contribution in [3.05, 3.63) is 51.2 Å². The van der Waals surface area contributed by atoms with Crippen molar-refractivity contribution < 1.29 is 29.1 Å². The molecule has 0 radical (unpaired) electrons. The van der Waals surface area contributed by atoms with Gasteiger partial charge < -0.3 is 29.8 Å². The summed E-state index contributed by atoms with van der Waals surface area (Å²) in [5.74, 6) is 5.95. The zero-order valence-corrected chi connectivity index (χ0v) is 20.2. The molecule has 3 aliphatic heterocycles. The van der Waals surface area contributed by atoms with Gasteiger partial charge in [-0.15, -0.1) is 11.3 Å². The number of amidine groups is 1. The molecule has 36 heavy (non-hydrogen) atoms. The van der Waals surface area contributed by atoms with Crippen molar-refractivity contribution in [1.29, 1.82) is 0 Å². The van der Waals surface area contributed by atoms with Gasteiger partial charge in [0.15, 0.2) is 5.84 Å². The lowest BCUT2D eigenvalue weighted by Crippen LogP contribution is -2.54. The molecule has 1 atom stereocenters. The second kappa shape index (κ2) is 9.52. The predicted molar refractivity (Wildman–Crippen MR) is 129 cm³/mol. The van der Waals surface area contributed by atoms with Gasteiger partial charge in [0, 0.05) is 25.2 Å². The highest BCUT2D eigenvalue weighted by Gasteiger charge is 2.48. The lowest BCUT2D eigenvalue weighted by molar-refractivity contribution is -0.122. The molecule has 11 nitrogen and oxygen atoms in total. The number of oxime groups is 1. The van der Waals surface area contributed by atoms with Crippen LogP contribution in [0.2, 0.25) is 0 Å². The van der Waals surface area contributed by atoms with Gasteiger partial charge in [-0.2, -0.15) is 0 Å². The number of benzene rings is 1. The molecule has 3 aliphatic rings. The van der Waals surface area contributed by atoms with Crippen molar-refractivity contribution in [2.75, 3.05) is 40.0 Å². The van der Waals surface area contributed by atoms with Crippen LogP contribution in [0, 0.1) is 11.8 Å². The number of imide groups is 1. The fraction of sp³-hybridized carbons (Fsp3) is 0.333. The highest BCUT2D eigenvalue weighted by Crippen LogP contribution is 2.28. The largest absolute Gasteiger partial charge is 0.497 e. The molecular formula is C24H23N5O6S. The molecule has 1 aromatic heterocycles. The first kappa shape index (κ1) is 23.7. The summed E-state index contributed by atoms with van der Waals surface area (Å²) in [4.78, 5) is 42.7. The van der Waals surface area contributed by atoms with E-state index in [1.54, 1.807) is 30.3 Å². The first-order chi connectivity index (χ1) is 17.4. The number of hydrogen-bond acceptors (Lipinski definition) is 8. The molecule has 1 aromatic carbocycles. The maximum atomic E-state index is 13.0. The van der Waals surface area contributed by atoms with E-state index < -0.39 is 17.5 Å². The van der Waals surface area contributed by atoms with Gasteiger partial charge in [0.2, 0.25) is 5.54 Å². The molecule has 0 spiro atoms. The molecule has 2 fully saturated rings. The Hall–Kier alpha value is -4.08. The fourth-order valence-electron chi connectivity index (χ4n) is 4.35.